The molecule has 4 heterocycles. The third kappa shape index (κ3) is 6.39. The van der Waals surface area contributed by atoms with Gasteiger partial charge >= 0.3 is 0 Å². The fraction of sp³-hybridized carbons (Fsp3) is 0. The van der Waals surface area contributed by atoms with Gasteiger partial charge in [0.1, 0.15) is 0 Å². The molecule has 17 rings (SSSR count). The summed E-state index contributed by atoms with van der Waals surface area (Å²) in [7, 11) is -5.95. The van der Waals surface area contributed by atoms with E-state index in [0.717, 1.165) is 0 Å². The molecule has 4 aromatic heterocycles. The third-order valence-corrected chi connectivity index (χ3v) is 27.8. The highest BCUT2D eigenvalue weighted by molar-refractivity contribution is 7.20. The summed E-state index contributed by atoms with van der Waals surface area (Å²) in [5.41, 5.74) is 12.3. The first-order valence-corrected chi connectivity index (χ1v) is 32.6. The third-order valence-electron chi connectivity index (χ3n) is 18.2. The summed E-state index contributed by atoms with van der Waals surface area (Å²) in [6, 6.07) is 120. The first-order valence-electron chi connectivity index (χ1n) is 28.6. The Hall–Kier alpha value is -10.1. The highest BCUT2D eigenvalue weighted by atomic mass is 28.3. The molecule has 0 amide bonds. The van der Waals surface area contributed by atoms with Gasteiger partial charge in [-0.2, -0.15) is 0 Å². The van der Waals surface area contributed by atoms with Crippen LogP contribution in [-0.4, -0.2) is 24.9 Å². The Balaban J connectivity index is 1.09. The molecule has 0 spiro atoms. The molecular formula is C78H52N2Si2. The van der Waals surface area contributed by atoms with Crippen molar-refractivity contribution < 1.29 is 0 Å². The van der Waals surface area contributed by atoms with Crippen LogP contribution in [-0.2, 0) is 0 Å². The Morgan fingerprint density at radius 2 is 0.451 bits per heavy atom. The molecule has 0 aliphatic rings. The number of aromatic nitrogens is 2. The number of hydrogen-bond donors (Lipinski definition) is 0. The summed E-state index contributed by atoms with van der Waals surface area (Å²) in [6.45, 7) is 0. The topological polar surface area (TPSA) is 8.82 Å². The SMILES string of the molecule is c1ccc([Si](c2ccccc2)(c2ccccc2)c2cccc(-c3c4c5cccc6c7ccccc7n(c4c(-c4cccc([Si](c7ccccc7)(c7ccccc7)c7ccccc7)c4)c4c7cccc8c9ccccc9n(c34)c87)c65)c2)cc1. The molecule has 2 nitrogen and oxygen atoms in total. The average molecular weight is 1070 g/mol. The van der Waals surface area contributed by atoms with Gasteiger partial charge in [-0.3, -0.25) is 0 Å². The summed E-state index contributed by atoms with van der Waals surface area (Å²) >= 11 is 0. The Labute approximate surface area is 477 Å². The zero-order chi connectivity index (χ0) is 53.9. The molecule has 0 aliphatic carbocycles. The second-order valence-electron chi connectivity index (χ2n) is 22.2. The fourth-order valence-corrected chi connectivity index (χ4v) is 24.7. The van der Waals surface area contributed by atoms with Gasteiger partial charge in [0.05, 0.1) is 33.1 Å². The van der Waals surface area contributed by atoms with Gasteiger partial charge in [-0.05, 0) is 64.8 Å². The molecule has 0 N–H and O–H groups in total. The molecule has 0 fully saturated rings. The number of benzene rings is 13. The van der Waals surface area contributed by atoms with E-state index in [1.165, 1.54) is 140 Å². The van der Waals surface area contributed by atoms with Crippen LogP contribution >= 0.6 is 0 Å². The number of nitrogens with zero attached hydrogens (tertiary/aromatic N) is 2. The van der Waals surface area contributed by atoms with Gasteiger partial charge in [-0.25, -0.2) is 0 Å². The minimum absolute atomic E-state index is 1.21. The molecule has 0 saturated carbocycles. The van der Waals surface area contributed by atoms with E-state index in [2.05, 4.69) is 324 Å². The molecule has 0 bridgehead atoms. The van der Waals surface area contributed by atoms with E-state index in [4.69, 9.17) is 0 Å². The van der Waals surface area contributed by atoms with Gasteiger partial charge < -0.3 is 8.80 Å². The Morgan fingerprint density at radius 1 is 0.195 bits per heavy atom. The zero-order valence-corrected chi connectivity index (χ0v) is 46.9. The molecular weight excluding hydrogens is 1020 g/mol. The highest BCUT2D eigenvalue weighted by Crippen LogP contribution is 2.54. The zero-order valence-electron chi connectivity index (χ0n) is 44.9. The van der Waals surface area contributed by atoms with E-state index in [9.17, 15) is 0 Å². The second kappa shape index (κ2) is 18.2. The van der Waals surface area contributed by atoms with E-state index in [1.54, 1.807) is 0 Å². The van der Waals surface area contributed by atoms with Crippen molar-refractivity contribution in [2.24, 2.45) is 0 Å². The minimum atomic E-state index is -2.97. The van der Waals surface area contributed by atoms with E-state index < -0.39 is 16.1 Å². The van der Waals surface area contributed by atoms with Crippen molar-refractivity contribution in [1.82, 2.24) is 8.80 Å². The quantitative estimate of drug-likeness (QED) is 0.0953. The van der Waals surface area contributed by atoms with Crippen LogP contribution in [0.25, 0.3) is 98.4 Å². The van der Waals surface area contributed by atoms with Crippen molar-refractivity contribution in [2.75, 3.05) is 0 Å². The highest BCUT2D eigenvalue weighted by Gasteiger charge is 2.44. The maximum atomic E-state index is 2.66. The van der Waals surface area contributed by atoms with Crippen LogP contribution in [0.4, 0.5) is 0 Å². The number of para-hydroxylation sites is 4. The maximum Gasteiger partial charge on any atom is 0.179 e. The summed E-state index contributed by atoms with van der Waals surface area (Å²) in [5.74, 6) is 0. The van der Waals surface area contributed by atoms with Crippen LogP contribution < -0.4 is 41.5 Å². The van der Waals surface area contributed by atoms with Gasteiger partial charge in [0, 0.05) is 54.2 Å². The van der Waals surface area contributed by atoms with Crippen molar-refractivity contribution in [1.29, 1.82) is 0 Å². The number of fused-ring (bicyclic) bond motifs is 12. The van der Waals surface area contributed by atoms with Crippen molar-refractivity contribution in [3.05, 3.63) is 315 Å². The molecule has 0 radical (unpaired) electrons. The van der Waals surface area contributed by atoms with Gasteiger partial charge in [0.25, 0.3) is 0 Å². The van der Waals surface area contributed by atoms with Crippen molar-refractivity contribution >= 4 is 134 Å². The molecule has 82 heavy (non-hydrogen) atoms. The molecule has 382 valence electrons. The standard InChI is InChI=1S/C78H52N2Si2/c1-7-29-55(30-8-1)81(56-31-9-2-10-32-56,57-33-11-3-12-34-57)61-41-23-27-53(51-61)71-73-67-47-25-45-65-64-44-20-22-50-70(64)80(75(65)67)78(73)72(74-68-48-26-46-66-63-43-19-21-49-69(63)79(76(66)68)77(71)74)54-28-24-42-62(52-54)82(58-35-13-4-14-36-58,59-37-15-5-16-38-59)60-39-17-6-18-40-60/h1-52H. The lowest BCUT2D eigenvalue weighted by molar-refractivity contribution is 1.36. The van der Waals surface area contributed by atoms with Gasteiger partial charge in [-0.15, -0.1) is 0 Å². The lowest BCUT2D eigenvalue weighted by Gasteiger charge is -2.35. The molecule has 13 aromatic carbocycles. The summed E-state index contributed by atoms with van der Waals surface area (Å²) in [6.07, 6.45) is 0. The summed E-state index contributed by atoms with van der Waals surface area (Å²) < 4.78 is 5.31. The Bertz CT molecular complexity index is 4720. The first-order chi connectivity index (χ1) is 40.7. The number of rotatable bonds is 10. The van der Waals surface area contributed by atoms with E-state index in [1.807, 2.05) is 0 Å². The lowest BCUT2D eigenvalue weighted by Crippen LogP contribution is -2.74. The largest absolute Gasteiger partial charge is 0.307 e. The molecule has 0 unspecified atom stereocenters. The van der Waals surface area contributed by atoms with Crippen LogP contribution in [0.5, 0.6) is 0 Å². The van der Waals surface area contributed by atoms with Crippen molar-refractivity contribution in [3.8, 4) is 22.3 Å². The Morgan fingerprint density at radius 3 is 0.780 bits per heavy atom. The van der Waals surface area contributed by atoms with Crippen molar-refractivity contribution in [2.45, 2.75) is 0 Å². The number of hydrogen-bond acceptors (Lipinski definition) is 0. The smallest absolute Gasteiger partial charge is 0.179 e. The lowest BCUT2D eigenvalue weighted by atomic mass is 9.89. The second-order valence-corrected chi connectivity index (χ2v) is 29.8. The van der Waals surface area contributed by atoms with Gasteiger partial charge in [0.15, 0.2) is 16.1 Å². The fourth-order valence-electron chi connectivity index (χ4n) is 15.1. The van der Waals surface area contributed by atoms with Crippen LogP contribution in [0.1, 0.15) is 0 Å². The van der Waals surface area contributed by atoms with E-state index in [0.29, 0.717) is 0 Å². The van der Waals surface area contributed by atoms with Gasteiger partial charge in [-0.1, -0.05) is 303 Å². The summed E-state index contributed by atoms with van der Waals surface area (Å²) in [4.78, 5) is 0. The molecule has 17 aromatic rings. The summed E-state index contributed by atoms with van der Waals surface area (Å²) in [5, 5.41) is 20.9. The molecule has 0 aliphatic heterocycles. The normalized spacial score (nSPS) is 12.4. The van der Waals surface area contributed by atoms with Crippen LogP contribution in [0, 0.1) is 0 Å². The van der Waals surface area contributed by atoms with Gasteiger partial charge in [0.2, 0.25) is 0 Å². The van der Waals surface area contributed by atoms with Crippen LogP contribution in [0.3, 0.4) is 0 Å². The monoisotopic (exact) mass is 1070 g/mol. The predicted molar refractivity (Wildman–Crippen MR) is 354 cm³/mol. The van der Waals surface area contributed by atoms with Crippen molar-refractivity contribution in [3.63, 3.8) is 0 Å². The Kier molecular flexibility index (Phi) is 10.4. The van der Waals surface area contributed by atoms with Crippen LogP contribution in [0.15, 0.2) is 315 Å². The predicted octanol–water partition coefficient (Wildman–Crippen LogP) is 14.1. The molecule has 4 heteroatoms. The minimum Gasteiger partial charge on any atom is -0.307 e. The molecule has 0 saturated heterocycles. The first kappa shape index (κ1) is 46.8. The molecule has 0 atom stereocenters. The average Bonchev–Trinajstić information content (AvgIpc) is 2.98. The van der Waals surface area contributed by atoms with E-state index >= 15 is 0 Å². The van der Waals surface area contributed by atoms with Crippen LogP contribution in [0.2, 0.25) is 0 Å². The maximum absolute atomic E-state index is 2.97. The van der Waals surface area contributed by atoms with E-state index in [-0.39, 0.29) is 0 Å².